The first-order chi connectivity index (χ1) is 5.70. The Bertz CT molecular complexity index is 258. The van der Waals surface area contributed by atoms with Gasteiger partial charge in [-0.1, -0.05) is 18.2 Å². The first-order valence-electron chi connectivity index (χ1n) is 3.56. The lowest BCUT2D eigenvalue weighted by Crippen LogP contribution is -2.16. The molecule has 0 fully saturated rings. The van der Waals surface area contributed by atoms with Gasteiger partial charge in [-0.3, -0.25) is 4.79 Å². The number of benzene rings is 1. The van der Waals surface area contributed by atoms with Crippen molar-refractivity contribution < 1.29 is 9.53 Å². The van der Waals surface area contributed by atoms with Crippen LogP contribution >= 0.6 is 15.9 Å². The van der Waals surface area contributed by atoms with Crippen LogP contribution in [0.5, 0.6) is 5.75 Å². The second kappa shape index (κ2) is 4.26. The molecule has 12 heavy (non-hydrogen) atoms. The molecule has 3 heteroatoms. The Morgan fingerprint density at radius 1 is 1.42 bits per heavy atom. The number of alkyl halides is 1. The topological polar surface area (TPSA) is 26.3 Å². The van der Waals surface area contributed by atoms with Crippen molar-refractivity contribution in [3.8, 4) is 5.75 Å². The number of carbonyl (C=O) groups excluding carboxylic acids is 1. The van der Waals surface area contributed by atoms with Gasteiger partial charge >= 0.3 is 0 Å². The molecule has 0 amide bonds. The molecule has 0 N–H and O–H groups in total. The number of rotatable bonds is 3. The van der Waals surface area contributed by atoms with Crippen molar-refractivity contribution in [1.29, 1.82) is 0 Å². The van der Waals surface area contributed by atoms with Crippen LogP contribution in [0.3, 0.4) is 0 Å². The molecule has 2 nitrogen and oxygen atoms in total. The minimum Gasteiger partial charge on any atom is -0.471 e. The van der Waals surface area contributed by atoms with Gasteiger partial charge in [-0.15, -0.1) is 0 Å². The van der Waals surface area contributed by atoms with Gasteiger partial charge in [0.1, 0.15) is 5.75 Å². The summed E-state index contributed by atoms with van der Waals surface area (Å²) in [5.74, 6) is 0.647. The van der Waals surface area contributed by atoms with Gasteiger partial charge in [0.05, 0.1) is 0 Å². The average molecular weight is 229 g/mol. The molecule has 1 aromatic carbocycles. The Labute approximate surface area is 79.7 Å². The molecule has 0 saturated carbocycles. The molecule has 1 rings (SSSR count). The van der Waals surface area contributed by atoms with Crippen LogP contribution in [0.1, 0.15) is 6.92 Å². The van der Waals surface area contributed by atoms with Crippen LogP contribution in [0.25, 0.3) is 0 Å². The van der Waals surface area contributed by atoms with E-state index in [0.717, 1.165) is 0 Å². The second-order valence-electron chi connectivity index (χ2n) is 2.36. The highest BCUT2D eigenvalue weighted by molar-refractivity contribution is 9.09. The third kappa shape index (κ3) is 2.66. The number of Topliss-reactive ketones (excluding diaryl/α,β-unsaturated/α-hetero) is 1. The number of halogens is 1. The summed E-state index contributed by atoms with van der Waals surface area (Å²) in [7, 11) is 0. The molecule has 0 aromatic heterocycles. The maximum Gasteiger partial charge on any atom is 0.210 e. The van der Waals surface area contributed by atoms with Gasteiger partial charge in [0, 0.05) is 0 Å². The predicted molar refractivity (Wildman–Crippen MR) is 50.5 cm³/mol. The lowest BCUT2D eigenvalue weighted by atomic mass is 10.3. The van der Waals surface area contributed by atoms with E-state index < -0.39 is 5.01 Å². The summed E-state index contributed by atoms with van der Waals surface area (Å²) in [6.07, 6.45) is 0. The summed E-state index contributed by atoms with van der Waals surface area (Å²) in [5, 5.41) is -0.542. The number of ketones is 1. The molecule has 1 atom stereocenters. The van der Waals surface area contributed by atoms with E-state index in [0.29, 0.717) is 5.75 Å². The predicted octanol–water partition coefficient (Wildman–Crippen LogP) is 2.38. The molecule has 0 bridgehead atoms. The number of ether oxygens (including phenoxy) is 1. The third-order valence-electron chi connectivity index (χ3n) is 1.30. The largest absolute Gasteiger partial charge is 0.471 e. The maximum absolute atomic E-state index is 10.8. The van der Waals surface area contributed by atoms with Crippen molar-refractivity contribution >= 4 is 21.7 Å². The summed E-state index contributed by atoms with van der Waals surface area (Å²) in [5.41, 5.74) is 0. The molecule has 0 aliphatic heterocycles. The lowest BCUT2D eigenvalue weighted by Gasteiger charge is -2.08. The second-order valence-corrected chi connectivity index (χ2v) is 3.19. The van der Waals surface area contributed by atoms with Gasteiger partial charge in [0.2, 0.25) is 5.01 Å². The normalized spacial score (nSPS) is 12.2. The molecule has 1 aromatic rings. The highest BCUT2D eigenvalue weighted by Gasteiger charge is 2.09. The number of para-hydroxylation sites is 1. The Morgan fingerprint density at radius 3 is 2.50 bits per heavy atom. The van der Waals surface area contributed by atoms with Gasteiger partial charge < -0.3 is 4.74 Å². The van der Waals surface area contributed by atoms with Crippen molar-refractivity contribution in [2.24, 2.45) is 0 Å². The minimum absolute atomic E-state index is 0.0427. The fraction of sp³-hybridized carbons (Fsp3) is 0.222. The number of carbonyl (C=O) groups is 1. The summed E-state index contributed by atoms with van der Waals surface area (Å²) < 4.78 is 5.24. The highest BCUT2D eigenvalue weighted by atomic mass is 79.9. The van der Waals surface area contributed by atoms with E-state index in [4.69, 9.17) is 4.74 Å². The number of hydrogen-bond donors (Lipinski definition) is 0. The van der Waals surface area contributed by atoms with Crippen LogP contribution in [-0.2, 0) is 4.79 Å². The van der Waals surface area contributed by atoms with Crippen LogP contribution in [0.2, 0.25) is 0 Å². The lowest BCUT2D eigenvalue weighted by molar-refractivity contribution is -0.120. The highest BCUT2D eigenvalue weighted by Crippen LogP contribution is 2.13. The van der Waals surface area contributed by atoms with E-state index in [9.17, 15) is 4.79 Å². The van der Waals surface area contributed by atoms with Gasteiger partial charge in [0.15, 0.2) is 5.78 Å². The molecule has 1 unspecified atom stereocenters. The van der Waals surface area contributed by atoms with E-state index in [1.807, 2.05) is 18.2 Å². The van der Waals surface area contributed by atoms with E-state index in [1.165, 1.54) is 6.92 Å². The van der Waals surface area contributed by atoms with Crippen LogP contribution < -0.4 is 4.74 Å². The molecule has 64 valence electrons. The average Bonchev–Trinajstić information content (AvgIpc) is 2.06. The molecule has 0 radical (unpaired) electrons. The molecule has 0 aliphatic rings. The zero-order chi connectivity index (χ0) is 8.97. The van der Waals surface area contributed by atoms with Crippen LogP contribution in [0.15, 0.2) is 30.3 Å². The van der Waals surface area contributed by atoms with E-state index >= 15 is 0 Å². The zero-order valence-corrected chi connectivity index (χ0v) is 8.24. The van der Waals surface area contributed by atoms with Crippen molar-refractivity contribution in [3.63, 3.8) is 0 Å². The SMILES string of the molecule is CC(=O)C(Br)Oc1ccccc1. The molecule has 0 aliphatic carbocycles. The first-order valence-corrected chi connectivity index (χ1v) is 4.48. The van der Waals surface area contributed by atoms with Crippen molar-refractivity contribution in [3.05, 3.63) is 30.3 Å². The molecule has 0 spiro atoms. The van der Waals surface area contributed by atoms with Crippen molar-refractivity contribution in [2.75, 3.05) is 0 Å². The maximum atomic E-state index is 10.8. The van der Waals surface area contributed by atoms with Gasteiger partial charge in [-0.05, 0) is 35.0 Å². The Kier molecular flexibility index (Phi) is 3.29. The molecular formula is C9H9BrO2. The van der Waals surface area contributed by atoms with Gasteiger partial charge in [0.25, 0.3) is 0 Å². The fourth-order valence-electron chi connectivity index (χ4n) is 0.702. The van der Waals surface area contributed by atoms with Crippen LogP contribution in [0.4, 0.5) is 0 Å². The first kappa shape index (κ1) is 9.26. The Balaban J connectivity index is 2.58. The minimum atomic E-state index is -0.542. The molecule has 0 saturated heterocycles. The Morgan fingerprint density at radius 2 is 2.00 bits per heavy atom. The van der Waals surface area contributed by atoms with Gasteiger partial charge in [-0.2, -0.15) is 0 Å². The van der Waals surface area contributed by atoms with Crippen molar-refractivity contribution in [1.82, 2.24) is 0 Å². The van der Waals surface area contributed by atoms with Crippen LogP contribution in [0, 0.1) is 0 Å². The third-order valence-corrected chi connectivity index (χ3v) is 2.13. The zero-order valence-electron chi connectivity index (χ0n) is 6.66. The molecular weight excluding hydrogens is 220 g/mol. The summed E-state index contributed by atoms with van der Waals surface area (Å²) in [6.45, 7) is 1.47. The standard InChI is InChI=1S/C9H9BrO2/c1-7(11)9(10)12-8-5-3-2-4-6-8/h2-6,9H,1H3. The van der Waals surface area contributed by atoms with Crippen LogP contribution in [-0.4, -0.2) is 10.8 Å². The van der Waals surface area contributed by atoms with E-state index in [1.54, 1.807) is 12.1 Å². The monoisotopic (exact) mass is 228 g/mol. The smallest absolute Gasteiger partial charge is 0.210 e. The fourth-order valence-corrected chi connectivity index (χ4v) is 0.917. The summed E-state index contributed by atoms with van der Waals surface area (Å²) >= 11 is 3.11. The van der Waals surface area contributed by atoms with E-state index in [-0.39, 0.29) is 5.78 Å². The van der Waals surface area contributed by atoms with Gasteiger partial charge in [-0.25, -0.2) is 0 Å². The van der Waals surface area contributed by atoms with E-state index in [2.05, 4.69) is 15.9 Å². The number of hydrogen-bond acceptors (Lipinski definition) is 2. The summed E-state index contributed by atoms with van der Waals surface area (Å²) in [6, 6.07) is 9.21. The summed E-state index contributed by atoms with van der Waals surface area (Å²) in [4.78, 5) is 10.8. The quantitative estimate of drug-likeness (QED) is 0.743. The Hall–Kier alpha value is -0.830. The van der Waals surface area contributed by atoms with Crippen molar-refractivity contribution in [2.45, 2.75) is 11.9 Å². The molecule has 0 heterocycles.